The predicted molar refractivity (Wildman–Crippen MR) is 77.3 cm³/mol. The molecule has 4 nitrogen and oxygen atoms in total. The van der Waals surface area contributed by atoms with Crippen LogP contribution in [0.1, 0.15) is 12.5 Å². The Morgan fingerprint density at radius 1 is 1.26 bits per heavy atom. The largest absolute Gasteiger partial charge is 0.493 e. The highest BCUT2D eigenvalue weighted by atomic mass is 35.5. The van der Waals surface area contributed by atoms with E-state index in [1.165, 1.54) is 4.90 Å². The van der Waals surface area contributed by atoms with Crippen molar-refractivity contribution < 1.29 is 19.7 Å². The first-order chi connectivity index (χ1) is 9.08. The molecule has 3 N–H and O–H groups in total. The molecule has 0 saturated heterocycles. The van der Waals surface area contributed by atoms with Crippen LogP contribution < -0.4 is 19.7 Å². The molecule has 0 aliphatic heterocycles. The van der Waals surface area contributed by atoms with E-state index in [0.717, 1.165) is 36.0 Å². The lowest BCUT2D eigenvalue weighted by Crippen LogP contribution is -3.09. The van der Waals surface area contributed by atoms with Crippen LogP contribution in [0.25, 0.3) is 0 Å². The summed E-state index contributed by atoms with van der Waals surface area (Å²) < 4.78 is 10.8. The minimum atomic E-state index is 0.601. The third kappa shape index (κ3) is 5.27. The molecule has 0 radical (unpaired) electrons. The number of rotatable bonds is 8. The molecule has 1 aromatic rings. The van der Waals surface area contributed by atoms with Gasteiger partial charge < -0.3 is 19.7 Å². The molecule has 0 spiro atoms. The smallest absolute Gasteiger partial charge is 0.162 e. The van der Waals surface area contributed by atoms with Crippen LogP contribution >= 0.6 is 11.6 Å². The van der Waals surface area contributed by atoms with Crippen molar-refractivity contribution in [1.29, 1.82) is 0 Å². The van der Waals surface area contributed by atoms with Gasteiger partial charge in [-0.05, 0) is 13.0 Å². The summed E-state index contributed by atoms with van der Waals surface area (Å²) in [5.74, 6) is 1.45. The lowest BCUT2D eigenvalue weighted by molar-refractivity contribution is -0.875. The molecule has 1 rings (SSSR count). The number of ether oxygens (including phenoxy) is 2. The van der Waals surface area contributed by atoms with E-state index in [2.05, 4.69) is 19.4 Å². The summed E-state index contributed by atoms with van der Waals surface area (Å²) >= 11 is 6.27. The molecule has 0 aliphatic carbocycles. The quantitative estimate of drug-likeness (QED) is 0.659. The summed E-state index contributed by atoms with van der Waals surface area (Å²) in [5.41, 5.74) is 1.08. The Balaban J connectivity index is 2.67. The molecule has 0 saturated carbocycles. The van der Waals surface area contributed by atoms with Gasteiger partial charge in [0.1, 0.15) is 19.6 Å². The van der Waals surface area contributed by atoms with Crippen LogP contribution in [0.5, 0.6) is 11.5 Å². The van der Waals surface area contributed by atoms with Crippen molar-refractivity contribution >= 4 is 11.6 Å². The fourth-order valence-corrected chi connectivity index (χ4v) is 2.04. The zero-order chi connectivity index (χ0) is 14.3. The fraction of sp³-hybridized carbons (Fsp3) is 0.571. The van der Waals surface area contributed by atoms with E-state index in [1.54, 1.807) is 7.11 Å². The number of likely N-dealkylation sites (N-methyl/N-ethyl adjacent to an activating group) is 1. The minimum absolute atomic E-state index is 0.601. The Morgan fingerprint density at radius 3 is 2.58 bits per heavy atom. The van der Waals surface area contributed by atoms with Gasteiger partial charge in [0.15, 0.2) is 11.5 Å². The minimum Gasteiger partial charge on any atom is -0.493 e. The van der Waals surface area contributed by atoms with Crippen molar-refractivity contribution in [3.63, 3.8) is 0 Å². The second-order valence-electron chi connectivity index (χ2n) is 4.77. The Morgan fingerprint density at radius 2 is 2.00 bits per heavy atom. The van der Waals surface area contributed by atoms with Gasteiger partial charge in [0.05, 0.1) is 32.8 Å². The van der Waals surface area contributed by atoms with Crippen molar-refractivity contribution in [3.8, 4) is 11.5 Å². The van der Waals surface area contributed by atoms with E-state index in [0.29, 0.717) is 12.4 Å². The van der Waals surface area contributed by atoms with Crippen LogP contribution in [0.15, 0.2) is 12.1 Å². The predicted octanol–water partition coefficient (Wildman–Crippen LogP) is -0.0448. The maximum Gasteiger partial charge on any atom is 0.162 e. The van der Waals surface area contributed by atoms with Gasteiger partial charge >= 0.3 is 0 Å². The number of hydrogen-bond donors (Lipinski definition) is 2. The van der Waals surface area contributed by atoms with Crippen molar-refractivity contribution in [3.05, 3.63) is 22.7 Å². The maximum absolute atomic E-state index is 6.27. The highest BCUT2D eigenvalue weighted by Gasteiger charge is 2.11. The maximum atomic E-state index is 6.27. The first kappa shape index (κ1) is 16.1. The molecule has 0 heterocycles. The average molecular weight is 289 g/mol. The number of methoxy groups -OCH3 is 1. The Hall–Kier alpha value is -0.970. The van der Waals surface area contributed by atoms with Crippen molar-refractivity contribution in [2.75, 3.05) is 40.9 Å². The van der Waals surface area contributed by atoms with E-state index in [-0.39, 0.29) is 0 Å². The molecule has 0 aromatic heterocycles. The first-order valence-electron chi connectivity index (χ1n) is 6.68. The van der Waals surface area contributed by atoms with Crippen molar-refractivity contribution in [2.45, 2.75) is 13.5 Å². The van der Waals surface area contributed by atoms with E-state index in [4.69, 9.17) is 21.1 Å². The highest BCUT2D eigenvalue weighted by molar-refractivity contribution is 6.31. The second kappa shape index (κ2) is 8.25. The van der Waals surface area contributed by atoms with Gasteiger partial charge in [-0.1, -0.05) is 11.6 Å². The SMILES string of the molecule is CCOc1cc(Cl)c(C[NH2+]CC[NH+](C)C)cc1OC. The van der Waals surface area contributed by atoms with Gasteiger partial charge in [-0.2, -0.15) is 0 Å². The third-order valence-electron chi connectivity index (χ3n) is 2.85. The zero-order valence-corrected chi connectivity index (χ0v) is 13.0. The number of quaternary nitrogens is 2. The first-order valence-corrected chi connectivity index (χ1v) is 7.06. The number of hydrogen-bond acceptors (Lipinski definition) is 2. The molecule has 0 bridgehead atoms. The summed E-state index contributed by atoms with van der Waals surface area (Å²) in [6.07, 6.45) is 0. The van der Waals surface area contributed by atoms with Gasteiger partial charge in [-0.25, -0.2) is 0 Å². The van der Waals surface area contributed by atoms with E-state index < -0.39 is 0 Å². The zero-order valence-electron chi connectivity index (χ0n) is 12.3. The van der Waals surface area contributed by atoms with E-state index in [9.17, 15) is 0 Å². The molecule has 1 aromatic carbocycles. The molecule has 0 fully saturated rings. The highest BCUT2D eigenvalue weighted by Crippen LogP contribution is 2.32. The number of benzene rings is 1. The number of nitrogens with two attached hydrogens (primary N) is 1. The molecule has 0 aliphatic rings. The average Bonchev–Trinajstić information content (AvgIpc) is 2.36. The van der Waals surface area contributed by atoms with Crippen LogP contribution in [0.4, 0.5) is 0 Å². The van der Waals surface area contributed by atoms with Gasteiger partial charge in [0.25, 0.3) is 0 Å². The van der Waals surface area contributed by atoms with E-state index in [1.807, 2.05) is 19.1 Å². The van der Waals surface area contributed by atoms with Gasteiger partial charge in [-0.3, -0.25) is 0 Å². The van der Waals surface area contributed by atoms with Gasteiger partial charge in [-0.15, -0.1) is 0 Å². The molecule has 0 amide bonds. The lowest BCUT2D eigenvalue weighted by atomic mass is 10.2. The molecule has 19 heavy (non-hydrogen) atoms. The van der Waals surface area contributed by atoms with E-state index >= 15 is 0 Å². The monoisotopic (exact) mass is 288 g/mol. The molecular formula is C14H25ClN2O2+2. The molecular weight excluding hydrogens is 264 g/mol. The molecule has 5 heteroatoms. The Labute approximate surface area is 120 Å². The normalized spacial score (nSPS) is 10.8. The molecule has 0 atom stereocenters. The topological polar surface area (TPSA) is 39.5 Å². The summed E-state index contributed by atoms with van der Waals surface area (Å²) in [6.45, 7) is 5.61. The van der Waals surface area contributed by atoms with Gasteiger partial charge in [0, 0.05) is 11.6 Å². The summed E-state index contributed by atoms with van der Waals surface area (Å²) in [4.78, 5) is 1.45. The Bertz CT molecular complexity index is 397. The van der Waals surface area contributed by atoms with Crippen LogP contribution in [0.2, 0.25) is 5.02 Å². The number of nitrogens with one attached hydrogen (secondary N) is 1. The summed E-state index contributed by atoms with van der Waals surface area (Å²) in [5, 5.41) is 2.99. The summed E-state index contributed by atoms with van der Waals surface area (Å²) in [6, 6.07) is 3.80. The van der Waals surface area contributed by atoms with Crippen molar-refractivity contribution in [1.82, 2.24) is 0 Å². The van der Waals surface area contributed by atoms with Crippen molar-refractivity contribution in [2.24, 2.45) is 0 Å². The summed E-state index contributed by atoms with van der Waals surface area (Å²) in [7, 11) is 5.95. The van der Waals surface area contributed by atoms with Crippen LogP contribution in [0, 0.1) is 0 Å². The molecule has 0 unspecified atom stereocenters. The standard InChI is InChI=1S/C14H23ClN2O2/c1-5-19-14-9-12(15)11(8-13(14)18-4)10-16-6-7-17(2)3/h8-9,16H,5-7,10H2,1-4H3/p+2. The van der Waals surface area contributed by atoms with Gasteiger partial charge in [0.2, 0.25) is 0 Å². The van der Waals surface area contributed by atoms with Crippen LogP contribution in [-0.2, 0) is 6.54 Å². The third-order valence-corrected chi connectivity index (χ3v) is 3.20. The lowest BCUT2D eigenvalue weighted by Gasteiger charge is -2.12. The Kier molecular flexibility index (Phi) is 6.99. The fourth-order valence-electron chi connectivity index (χ4n) is 1.81. The number of halogens is 1. The van der Waals surface area contributed by atoms with Crippen LogP contribution in [-0.4, -0.2) is 40.9 Å². The second-order valence-corrected chi connectivity index (χ2v) is 5.17. The van der Waals surface area contributed by atoms with Crippen LogP contribution in [0.3, 0.4) is 0 Å². The molecule has 108 valence electrons.